The van der Waals surface area contributed by atoms with Crippen molar-refractivity contribution in [3.63, 3.8) is 0 Å². The average molecular weight is 599 g/mol. The molecule has 226 valence electrons. The van der Waals surface area contributed by atoms with E-state index in [0.717, 1.165) is 61.5 Å². The maximum atomic E-state index is 14.3. The molecule has 2 unspecified atom stereocenters. The van der Waals surface area contributed by atoms with Gasteiger partial charge in [-0.1, -0.05) is 17.3 Å². The maximum Gasteiger partial charge on any atom is 0.305 e. The molecule has 13 heteroatoms. The van der Waals surface area contributed by atoms with Gasteiger partial charge in [-0.05, 0) is 56.6 Å². The molecule has 0 amide bonds. The van der Waals surface area contributed by atoms with Gasteiger partial charge >= 0.3 is 6.41 Å². The smallest absolute Gasteiger partial charge is 0.305 e. The van der Waals surface area contributed by atoms with E-state index in [0.29, 0.717) is 36.1 Å². The third-order valence-electron chi connectivity index (χ3n) is 8.31. The van der Waals surface area contributed by atoms with E-state index >= 15 is 0 Å². The Labute approximate surface area is 252 Å². The van der Waals surface area contributed by atoms with Crippen LogP contribution in [0.25, 0.3) is 11.0 Å². The Balaban J connectivity index is 1.01. The molecule has 0 aliphatic carbocycles. The van der Waals surface area contributed by atoms with Crippen LogP contribution in [0.15, 0.2) is 53.8 Å². The molecule has 7 rings (SSSR count). The standard InChI is InChI=1S/C31H31FN8O4/c32-23-12-19(14-33)4-5-21(23)18-43-29-3-1-2-24(36-29)20-6-9-39(10-7-20)17-28-35-25-13-26(30-37-31(41)44-38-30)34-15-27(25)40(28)16-22-8-11-42-22/h1-5,12-13,15,20,22,31,41H,6-11,16-18H2,(H,37,38). The molecule has 44 heavy (non-hydrogen) atoms. The molecule has 3 aromatic heterocycles. The summed E-state index contributed by atoms with van der Waals surface area (Å²) in [7, 11) is 0. The number of imidazole rings is 1. The maximum absolute atomic E-state index is 14.3. The Hall–Kier alpha value is -4.64. The summed E-state index contributed by atoms with van der Waals surface area (Å²) in [6.07, 6.45) is 3.66. The van der Waals surface area contributed by atoms with E-state index in [-0.39, 0.29) is 24.2 Å². The molecule has 0 saturated carbocycles. The number of likely N-dealkylation sites (tertiary alicyclic amines) is 1. The Kier molecular flexibility index (Phi) is 7.78. The first-order valence-electron chi connectivity index (χ1n) is 14.7. The van der Waals surface area contributed by atoms with Gasteiger partial charge < -0.3 is 29.3 Å². The van der Waals surface area contributed by atoms with Crippen molar-refractivity contribution in [2.45, 2.75) is 57.4 Å². The van der Waals surface area contributed by atoms with Crippen LogP contribution >= 0.6 is 0 Å². The number of benzene rings is 1. The van der Waals surface area contributed by atoms with Crippen LogP contribution in [0, 0.1) is 17.1 Å². The lowest BCUT2D eigenvalue weighted by molar-refractivity contribution is -0.0896. The third kappa shape index (κ3) is 5.92. The molecular weight excluding hydrogens is 567 g/mol. The fraction of sp³-hybridized carbons (Fsp3) is 0.387. The minimum Gasteiger partial charge on any atom is -0.473 e. The van der Waals surface area contributed by atoms with Gasteiger partial charge in [0, 0.05) is 29.8 Å². The molecule has 6 heterocycles. The van der Waals surface area contributed by atoms with Crippen LogP contribution < -0.4 is 10.1 Å². The van der Waals surface area contributed by atoms with Crippen LogP contribution in [0.5, 0.6) is 5.88 Å². The van der Waals surface area contributed by atoms with Gasteiger partial charge in [-0.25, -0.2) is 14.4 Å². The Morgan fingerprint density at radius 2 is 2.00 bits per heavy atom. The molecule has 3 aliphatic rings. The van der Waals surface area contributed by atoms with Gasteiger partial charge in [-0.15, -0.1) is 0 Å². The number of fused-ring (bicyclic) bond motifs is 1. The highest BCUT2D eigenvalue weighted by atomic mass is 19.1. The predicted octanol–water partition coefficient (Wildman–Crippen LogP) is 3.14. The van der Waals surface area contributed by atoms with Gasteiger partial charge in [0.05, 0.1) is 48.1 Å². The van der Waals surface area contributed by atoms with E-state index in [1.54, 1.807) is 24.4 Å². The summed E-state index contributed by atoms with van der Waals surface area (Å²) in [6, 6.07) is 13.9. The monoisotopic (exact) mass is 598 g/mol. The molecule has 1 aromatic carbocycles. The number of halogens is 1. The summed E-state index contributed by atoms with van der Waals surface area (Å²) in [6.45, 7) is 4.00. The summed E-state index contributed by atoms with van der Waals surface area (Å²) in [5.41, 5.74) is 3.89. The van der Waals surface area contributed by atoms with Gasteiger partial charge in [-0.2, -0.15) is 5.26 Å². The summed E-state index contributed by atoms with van der Waals surface area (Å²) < 4.78 is 28.0. The zero-order valence-corrected chi connectivity index (χ0v) is 23.9. The summed E-state index contributed by atoms with van der Waals surface area (Å²) in [5.74, 6) is 1.59. The first-order chi connectivity index (χ1) is 21.5. The van der Waals surface area contributed by atoms with Gasteiger partial charge in [0.15, 0.2) is 5.84 Å². The fourth-order valence-electron chi connectivity index (χ4n) is 5.76. The predicted molar refractivity (Wildman–Crippen MR) is 156 cm³/mol. The van der Waals surface area contributed by atoms with Crippen LogP contribution in [-0.4, -0.2) is 67.6 Å². The van der Waals surface area contributed by atoms with E-state index < -0.39 is 12.2 Å². The molecular formula is C31H31FN8O4. The van der Waals surface area contributed by atoms with Crippen molar-refractivity contribution in [1.82, 2.24) is 29.7 Å². The number of hydrogen-bond acceptors (Lipinski definition) is 11. The van der Waals surface area contributed by atoms with Crippen molar-refractivity contribution in [2.24, 2.45) is 5.16 Å². The fourth-order valence-corrected chi connectivity index (χ4v) is 5.76. The van der Waals surface area contributed by atoms with Crippen LogP contribution in [0.1, 0.15) is 53.5 Å². The lowest BCUT2D eigenvalue weighted by Gasteiger charge is -2.32. The lowest BCUT2D eigenvalue weighted by atomic mass is 9.93. The molecule has 2 atom stereocenters. The van der Waals surface area contributed by atoms with Crippen LogP contribution in [0.4, 0.5) is 4.39 Å². The molecule has 2 N–H and O–H groups in total. The van der Waals surface area contributed by atoms with Gasteiger partial charge in [0.1, 0.15) is 23.9 Å². The largest absolute Gasteiger partial charge is 0.473 e. The number of nitrogens with zero attached hydrogens (tertiary/aromatic N) is 7. The van der Waals surface area contributed by atoms with Crippen LogP contribution in [-0.2, 0) is 29.3 Å². The molecule has 2 fully saturated rings. The molecule has 0 bridgehead atoms. The summed E-state index contributed by atoms with van der Waals surface area (Å²) >= 11 is 0. The number of hydrogen-bond donors (Lipinski definition) is 2. The third-order valence-corrected chi connectivity index (χ3v) is 8.31. The van der Waals surface area contributed by atoms with E-state index in [9.17, 15) is 9.50 Å². The number of rotatable bonds is 9. The summed E-state index contributed by atoms with van der Waals surface area (Å²) in [5, 5.41) is 25.1. The molecule has 12 nitrogen and oxygen atoms in total. The van der Waals surface area contributed by atoms with Gasteiger partial charge in [0.2, 0.25) is 5.88 Å². The van der Waals surface area contributed by atoms with Crippen molar-refractivity contribution in [3.05, 3.63) is 82.8 Å². The van der Waals surface area contributed by atoms with Crippen molar-refractivity contribution >= 4 is 16.9 Å². The molecule has 2 saturated heterocycles. The number of ether oxygens (including phenoxy) is 2. The number of nitrogens with one attached hydrogen (secondary N) is 1. The zero-order valence-electron chi connectivity index (χ0n) is 23.9. The number of aliphatic hydroxyl groups is 1. The van der Waals surface area contributed by atoms with Gasteiger partial charge in [0.25, 0.3) is 0 Å². The minimum atomic E-state index is -1.18. The number of piperidine rings is 1. The van der Waals surface area contributed by atoms with Crippen molar-refractivity contribution < 1.29 is 23.8 Å². The number of amidine groups is 1. The Bertz CT molecular complexity index is 1740. The number of oxime groups is 1. The highest BCUT2D eigenvalue weighted by Gasteiger charge is 2.27. The van der Waals surface area contributed by atoms with Crippen LogP contribution in [0.2, 0.25) is 0 Å². The van der Waals surface area contributed by atoms with E-state index in [1.165, 1.54) is 6.07 Å². The van der Waals surface area contributed by atoms with E-state index in [4.69, 9.17) is 29.5 Å². The molecule has 0 spiro atoms. The highest BCUT2D eigenvalue weighted by Crippen LogP contribution is 2.30. The lowest BCUT2D eigenvalue weighted by Crippen LogP contribution is -2.35. The second-order valence-corrected chi connectivity index (χ2v) is 11.2. The number of nitriles is 1. The second-order valence-electron chi connectivity index (χ2n) is 11.2. The normalized spacial score (nSPS) is 20.4. The molecule has 4 aromatic rings. The summed E-state index contributed by atoms with van der Waals surface area (Å²) in [4.78, 5) is 21.5. The first-order valence-corrected chi connectivity index (χ1v) is 14.7. The second kappa shape index (κ2) is 12.2. The average Bonchev–Trinajstić information content (AvgIpc) is 3.61. The number of aliphatic hydroxyl groups excluding tert-OH is 1. The number of pyridine rings is 2. The van der Waals surface area contributed by atoms with Crippen molar-refractivity contribution in [3.8, 4) is 11.9 Å². The van der Waals surface area contributed by atoms with Crippen molar-refractivity contribution in [2.75, 3.05) is 19.7 Å². The van der Waals surface area contributed by atoms with Gasteiger partial charge in [-0.3, -0.25) is 9.88 Å². The zero-order chi connectivity index (χ0) is 30.0. The molecule has 0 radical (unpaired) electrons. The topological polar surface area (TPSA) is 143 Å². The van der Waals surface area contributed by atoms with Crippen LogP contribution in [0.3, 0.4) is 0 Å². The Morgan fingerprint density at radius 3 is 2.73 bits per heavy atom. The first kappa shape index (κ1) is 28.1. The molecule has 3 aliphatic heterocycles. The van der Waals surface area contributed by atoms with Crippen molar-refractivity contribution in [1.29, 1.82) is 5.26 Å². The number of aromatic nitrogens is 4. The van der Waals surface area contributed by atoms with E-state index in [1.807, 2.05) is 24.3 Å². The quantitative estimate of drug-likeness (QED) is 0.295. The SMILES string of the molecule is N#Cc1ccc(COc2cccc(C3CCN(Cc4nc5cc(C6=NOC(O)N6)ncc5n4CC4CCO4)CC3)n2)c(F)c1. The Morgan fingerprint density at radius 1 is 1.14 bits per heavy atom. The minimum absolute atomic E-state index is 0.0384. The van der Waals surface area contributed by atoms with E-state index in [2.05, 4.69) is 24.9 Å². The highest BCUT2D eigenvalue weighted by molar-refractivity contribution is 5.99.